The van der Waals surface area contributed by atoms with Crippen LogP contribution in [-0.2, 0) is 11.4 Å². The van der Waals surface area contributed by atoms with Gasteiger partial charge in [0.1, 0.15) is 5.75 Å². The van der Waals surface area contributed by atoms with Gasteiger partial charge < -0.3 is 9.29 Å². The van der Waals surface area contributed by atoms with Crippen LogP contribution in [0.5, 0.6) is 5.75 Å². The molecule has 0 saturated carbocycles. The van der Waals surface area contributed by atoms with Crippen LogP contribution >= 0.6 is 11.6 Å². The monoisotopic (exact) mass is 285 g/mol. The van der Waals surface area contributed by atoms with Crippen molar-refractivity contribution >= 4 is 28.5 Å². The predicted molar refractivity (Wildman–Crippen MR) is 75.9 cm³/mol. The number of hydrogen-bond donors (Lipinski definition) is 1. The van der Waals surface area contributed by atoms with Crippen LogP contribution in [0.2, 0.25) is 5.02 Å². The summed E-state index contributed by atoms with van der Waals surface area (Å²) in [4.78, 5) is 0. The van der Waals surface area contributed by atoms with Crippen molar-refractivity contribution in [2.24, 2.45) is 5.14 Å². The van der Waals surface area contributed by atoms with Crippen LogP contribution in [0, 0.1) is 0 Å². The molecule has 1 unspecified atom stereocenters. The van der Waals surface area contributed by atoms with E-state index in [0.29, 0.717) is 11.6 Å². The van der Waals surface area contributed by atoms with Gasteiger partial charge >= 0.3 is 0 Å². The molecular formula is C13H16ClNO2S. The van der Waals surface area contributed by atoms with E-state index >= 15 is 0 Å². The molecule has 0 aliphatic carbocycles. The first-order valence-electron chi connectivity index (χ1n) is 5.71. The molecule has 1 aliphatic heterocycles. The van der Waals surface area contributed by atoms with Crippen LogP contribution in [-0.4, -0.2) is 15.9 Å². The van der Waals surface area contributed by atoms with Crippen molar-refractivity contribution in [1.82, 2.24) is 0 Å². The molecule has 3 nitrogen and oxygen atoms in total. The Hall–Kier alpha value is -0.680. The standard InChI is InChI=1S/C13H16ClNO2S/c1-13(2,18(15)16)8-9-5-6-17-12-4-3-10(14)7-11(9)12/h3-4,7-8H,5-6,15H2,1-2H3. The largest absolute Gasteiger partial charge is 0.598 e. The number of nitrogens with two attached hydrogens (primary N) is 1. The highest BCUT2D eigenvalue weighted by Gasteiger charge is 2.29. The first kappa shape index (κ1) is 13.7. The Balaban J connectivity index is 2.44. The third kappa shape index (κ3) is 2.83. The van der Waals surface area contributed by atoms with Crippen molar-refractivity contribution in [1.29, 1.82) is 0 Å². The summed E-state index contributed by atoms with van der Waals surface area (Å²) in [5.74, 6) is 0.815. The zero-order valence-electron chi connectivity index (χ0n) is 10.4. The maximum absolute atomic E-state index is 11.5. The SMILES string of the molecule is CC(C)(C=C1CCOc2ccc(Cl)cc21)[S+](N)[O-]. The molecule has 0 fully saturated rings. The Bertz CT molecular complexity index is 486. The molecule has 5 heteroatoms. The summed E-state index contributed by atoms with van der Waals surface area (Å²) in [7, 11) is 0. The topological polar surface area (TPSA) is 58.3 Å². The fourth-order valence-electron chi connectivity index (χ4n) is 1.91. The Labute approximate surface area is 115 Å². The molecule has 0 spiro atoms. The molecular weight excluding hydrogens is 270 g/mol. The highest BCUT2D eigenvalue weighted by Crippen LogP contribution is 2.36. The van der Waals surface area contributed by atoms with E-state index in [9.17, 15) is 4.55 Å². The van der Waals surface area contributed by atoms with Crippen molar-refractivity contribution in [3.05, 3.63) is 34.9 Å². The van der Waals surface area contributed by atoms with Gasteiger partial charge in [-0.1, -0.05) is 11.6 Å². The number of rotatable bonds is 2. The fourth-order valence-corrected chi connectivity index (χ4v) is 2.34. The minimum atomic E-state index is -1.41. The number of ether oxygens (including phenoxy) is 1. The van der Waals surface area contributed by atoms with Crippen LogP contribution in [0.1, 0.15) is 25.8 Å². The van der Waals surface area contributed by atoms with Gasteiger partial charge in [-0.05, 0) is 43.7 Å². The average Bonchev–Trinajstić information content (AvgIpc) is 2.29. The Morgan fingerprint density at radius 2 is 2.22 bits per heavy atom. The van der Waals surface area contributed by atoms with Gasteiger partial charge in [-0.15, -0.1) is 0 Å². The number of halogens is 1. The summed E-state index contributed by atoms with van der Waals surface area (Å²) in [5, 5.41) is 6.17. The van der Waals surface area contributed by atoms with Crippen LogP contribution in [0.15, 0.2) is 24.3 Å². The molecule has 18 heavy (non-hydrogen) atoms. The summed E-state index contributed by atoms with van der Waals surface area (Å²) in [6, 6.07) is 5.53. The number of benzene rings is 1. The van der Waals surface area contributed by atoms with E-state index < -0.39 is 16.1 Å². The van der Waals surface area contributed by atoms with Gasteiger partial charge in [0.15, 0.2) is 4.75 Å². The molecule has 1 aliphatic rings. The van der Waals surface area contributed by atoms with Gasteiger partial charge in [0.25, 0.3) is 0 Å². The molecule has 1 aromatic rings. The lowest BCUT2D eigenvalue weighted by Gasteiger charge is -2.25. The first-order valence-corrected chi connectivity index (χ1v) is 7.30. The zero-order chi connectivity index (χ0) is 13.3. The molecule has 1 heterocycles. The van der Waals surface area contributed by atoms with Crippen LogP contribution in [0.3, 0.4) is 0 Å². The Kier molecular flexibility index (Phi) is 3.92. The number of fused-ring (bicyclic) bond motifs is 1. The van der Waals surface area contributed by atoms with Crippen molar-refractivity contribution in [3.8, 4) is 5.75 Å². The Morgan fingerprint density at radius 1 is 1.50 bits per heavy atom. The normalized spacial score (nSPS) is 19.3. The predicted octanol–water partition coefficient (Wildman–Crippen LogP) is 2.91. The third-order valence-corrected chi connectivity index (χ3v) is 4.35. The molecule has 0 bridgehead atoms. The second-order valence-corrected chi connectivity index (χ2v) is 6.89. The molecule has 1 aromatic carbocycles. The third-order valence-electron chi connectivity index (χ3n) is 2.96. The highest BCUT2D eigenvalue weighted by atomic mass is 35.5. The van der Waals surface area contributed by atoms with E-state index in [0.717, 1.165) is 23.3 Å². The summed E-state index contributed by atoms with van der Waals surface area (Å²) < 4.78 is 16.5. The van der Waals surface area contributed by atoms with Crippen molar-refractivity contribution in [2.45, 2.75) is 25.0 Å². The van der Waals surface area contributed by atoms with Gasteiger partial charge in [-0.25, -0.2) is 0 Å². The molecule has 0 radical (unpaired) electrons. The molecule has 0 aromatic heterocycles. The quantitative estimate of drug-likeness (QED) is 0.850. The van der Waals surface area contributed by atoms with Gasteiger partial charge in [-0.2, -0.15) is 5.14 Å². The van der Waals surface area contributed by atoms with E-state index in [2.05, 4.69) is 0 Å². The van der Waals surface area contributed by atoms with Crippen LogP contribution in [0.25, 0.3) is 5.57 Å². The van der Waals surface area contributed by atoms with E-state index in [-0.39, 0.29) is 0 Å². The fraction of sp³-hybridized carbons (Fsp3) is 0.385. The molecule has 2 N–H and O–H groups in total. The minimum absolute atomic E-state index is 0.563. The van der Waals surface area contributed by atoms with Gasteiger partial charge in [-0.3, -0.25) is 0 Å². The molecule has 2 rings (SSSR count). The maximum atomic E-state index is 11.5. The van der Waals surface area contributed by atoms with Crippen LogP contribution < -0.4 is 9.88 Å². The maximum Gasteiger partial charge on any atom is 0.158 e. The van der Waals surface area contributed by atoms with Gasteiger partial charge in [0.2, 0.25) is 0 Å². The van der Waals surface area contributed by atoms with Crippen molar-refractivity contribution < 1.29 is 9.29 Å². The molecule has 0 saturated heterocycles. The second-order valence-electron chi connectivity index (χ2n) is 4.81. The second kappa shape index (κ2) is 5.13. The molecule has 0 amide bonds. The van der Waals surface area contributed by atoms with E-state index in [1.807, 2.05) is 32.1 Å². The average molecular weight is 286 g/mol. The van der Waals surface area contributed by atoms with E-state index in [4.69, 9.17) is 21.5 Å². The molecule has 1 atom stereocenters. The summed E-state index contributed by atoms with van der Waals surface area (Å²) in [5.41, 5.74) is 2.05. The lowest BCUT2D eigenvalue weighted by molar-refractivity contribution is 0.316. The van der Waals surface area contributed by atoms with E-state index in [1.54, 1.807) is 6.07 Å². The van der Waals surface area contributed by atoms with Gasteiger partial charge in [0.05, 0.1) is 6.61 Å². The summed E-state index contributed by atoms with van der Waals surface area (Å²) in [6.07, 6.45) is 2.73. The zero-order valence-corrected chi connectivity index (χ0v) is 12.0. The van der Waals surface area contributed by atoms with Crippen LogP contribution in [0.4, 0.5) is 0 Å². The van der Waals surface area contributed by atoms with E-state index in [1.165, 1.54) is 0 Å². The highest BCUT2D eigenvalue weighted by molar-refractivity contribution is 7.90. The van der Waals surface area contributed by atoms with Gasteiger partial charge in [0, 0.05) is 28.4 Å². The molecule has 98 valence electrons. The summed E-state index contributed by atoms with van der Waals surface area (Å²) in [6.45, 7) is 4.33. The lowest BCUT2D eigenvalue weighted by Crippen LogP contribution is -2.36. The number of hydrogen-bond acceptors (Lipinski definition) is 3. The van der Waals surface area contributed by atoms with Crippen molar-refractivity contribution in [3.63, 3.8) is 0 Å². The Morgan fingerprint density at radius 3 is 2.89 bits per heavy atom. The smallest absolute Gasteiger partial charge is 0.158 e. The summed E-state index contributed by atoms with van der Waals surface area (Å²) >= 11 is 4.60. The first-order chi connectivity index (χ1) is 8.40. The van der Waals surface area contributed by atoms with Crippen molar-refractivity contribution in [2.75, 3.05) is 6.61 Å². The minimum Gasteiger partial charge on any atom is -0.598 e. The lowest BCUT2D eigenvalue weighted by atomic mass is 9.96.